The van der Waals surface area contributed by atoms with Crippen molar-refractivity contribution in [1.29, 1.82) is 0 Å². The molecule has 98 valence electrons. The van der Waals surface area contributed by atoms with E-state index >= 15 is 0 Å². The second kappa shape index (κ2) is 5.57. The monoisotopic (exact) mass is 258 g/mol. The third kappa shape index (κ3) is 2.60. The van der Waals surface area contributed by atoms with E-state index in [0.717, 1.165) is 50.9 Å². The quantitative estimate of drug-likeness (QED) is 0.776. The first-order valence-corrected chi connectivity index (χ1v) is 6.84. The maximum Gasteiger partial charge on any atom is 0.225 e. The van der Waals surface area contributed by atoms with Crippen molar-refractivity contribution in [3.63, 3.8) is 0 Å². The number of rotatable bonds is 1. The van der Waals surface area contributed by atoms with E-state index in [1.165, 1.54) is 19.3 Å². The Hall–Kier alpha value is -0.280. The number of nitrogens with one attached hydrogen (secondary N) is 1. The number of amides is 1. The lowest BCUT2D eigenvalue weighted by atomic mass is 9.88. The van der Waals surface area contributed by atoms with Crippen molar-refractivity contribution in [3.8, 4) is 0 Å². The Bertz CT molecular complexity index is 267. The smallest absolute Gasteiger partial charge is 0.225 e. The molecule has 3 rings (SSSR count). The van der Waals surface area contributed by atoms with Gasteiger partial charge in [0.05, 0.1) is 0 Å². The van der Waals surface area contributed by atoms with Crippen molar-refractivity contribution < 1.29 is 4.79 Å². The average Bonchev–Trinajstić information content (AvgIpc) is 2.89. The number of likely N-dealkylation sites (tertiary alicyclic amines) is 1. The second-order valence-electron chi connectivity index (χ2n) is 5.76. The summed E-state index contributed by atoms with van der Waals surface area (Å²) in [4.78, 5) is 14.5. The molecule has 1 amide bonds. The van der Waals surface area contributed by atoms with Gasteiger partial charge in [0.15, 0.2) is 0 Å². The molecule has 0 aromatic rings. The highest BCUT2D eigenvalue weighted by Gasteiger charge is 2.39. The van der Waals surface area contributed by atoms with Gasteiger partial charge in [0.2, 0.25) is 5.91 Å². The van der Waals surface area contributed by atoms with Crippen LogP contribution in [0.15, 0.2) is 0 Å². The fourth-order valence-electron chi connectivity index (χ4n) is 3.64. The van der Waals surface area contributed by atoms with Gasteiger partial charge in [0.25, 0.3) is 0 Å². The van der Waals surface area contributed by atoms with Crippen LogP contribution < -0.4 is 5.32 Å². The Morgan fingerprint density at radius 2 is 1.59 bits per heavy atom. The molecular formula is C13H23ClN2O. The molecule has 0 aromatic heterocycles. The van der Waals surface area contributed by atoms with Gasteiger partial charge in [-0.05, 0) is 24.7 Å². The minimum atomic E-state index is 0. The van der Waals surface area contributed by atoms with Crippen LogP contribution in [0.5, 0.6) is 0 Å². The molecular weight excluding hydrogens is 236 g/mol. The Kier molecular flexibility index (Phi) is 4.31. The molecule has 0 aromatic carbocycles. The predicted octanol–water partition coefficient (Wildman–Crippen LogP) is 1.67. The molecule has 1 N–H and O–H groups in total. The van der Waals surface area contributed by atoms with Crippen LogP contribution in [0.1, 0.15) is 32.1 Å². The number of carbonyl (C=O) groups is 1. The molecule has 0 unspecified atom stereocenters. The molecule has 3 nitrogen and oxygen atoms in total. The molecule has 1 saturated carbocycles. The molecule has 2 aliphatic heterocycles. The molecule has 0 bridgehead atoms. The van der Waals surface area contributed by atoms with Gasteiger partial charge in [0, 0.05) is 32.1 Å². The molecule has 3 aliphatic rings. The van der Waals surface area contributed by atoms with Gasteiger partial charge in [-0.15, -0.1) is 12.4 Å². The van der Waals surface area contributed by atoms with Crippen molar-refractivity contribution in [3.05, 3.63) is 0 Å². The maximum absolute atomic E-state index is 12.3. The van der Waals surface area contributed by atoms with Crippen LogP contribution >= 0.6 is 12.4 Å². The zero-order valence-electron chi connectivity index (χ0n) is 10.4. The van der Waals surface area contributed by atoms with E-state index in [1.54, 1.807) is 0 Å². The standard InChI is InChI=1S/C13H22N2O.ClH/c16-13(10-4-2-1-3-5-10)15-8-11-6-14-7-12(11)9-15;/h10-12,14H,1-9H2;1H/t11-,12+;. The van der Waals surface area contributed by atoms with Crippen LogP contribution in [0.25, 0.3) is 0 Å². The van der Waals surface area contributed by atoms with E-state index in [0.29, 0.717) is 11.8 Å². The zero-order valence-corrected chi connectivity index (χ0v) is 11.2. The average molecular weight is 259 g/mol. The summed E-state index contributed by atoms with van der Waals surface area (Å²) >= 11 is 0. The van der Waals surface area contributed by atoms with Gasteiger partial charge in [-0.3, -0.25) is 4.79 Å². The molecule has 2 heterocycles. The van der Waals surface area contributed by atoms with Crippen LogP contribution in [0, 0.1) is 17.8 Å². The lowest BCUT2D eigenvalue weighted by Gasteiger charge is -2.26. The summed E-state index contributed by atoms with van der Waals surface area (Å²) in [5, 5.41) is 3.43. The van der Waals surface area contributed by atoms with E-state index in [2.05, 4.69) is 10.2 Å². The summed E-state index contributed by atoms with van der Waals surface area (Å²) in [6, 6.07) is 0. The number of nitrogens with zero attached hydrogens (tertiary/aromatic N) is 1. The minimum Gasteiger partial charge on any atom is -0.342 e. The number of fused-ring (bicyclic) bond motifs is 1. The molecule has 2 saturated heterocycles. The van der Waals surface area contributed by atoms with E-state index in [-0.39, 0.29) is 12.4 Å². The van der Waals surface area contributed by atoms with Crippen molar-refractivity contribution in [2.45, 2.75) is 32.1 Å². The van der Waals surface area contributed by atoms with Crippen LogP contribution in [0.2, 0.25) is 0 Å². The second-order valence-corrected chi connectivity index (χ2v) is 5.76. The summed E-state index contributed by atoms with van der Waals surface area (Å²) < 4.78 is 0. The third-order valence-electron chi connectivity index (χ3n) is 4.66. The molecule has 2 atom stereocenters. The molecule has 17 heavy (non-hydrogen) atoms. The first-order valence-electron chi connectivity index (χ1n) is 6.84. The Balaban J connectivity index is 0.00000108. The summed E-state index contributed by atoms with van der Waals surface area (Å²) in [5.74, 6) is 2.31. The van der Waals surface area contributed by atoms with E-state index < -0.39 is 0 Å². The Labute approximate surface area is 110 Å². The largest absolute Gasteiger partial charge is 0.342 e. The molecule has 0 radical (unpaired) electrons. The maximum atomic E-state index is 12.3. The summed E-state index contributed by atoms with van der Waals surface area (Å²) in [5.41, 5.74) is 0. The Morgan fingerprint density at radius 1 is 1.00 bits per heavy atom. The van der Waals surface area contributed by atoms with Crippen molar-refractivity contribution in [2.24, 2.45) is 17.8 Å². The lowest BCUT2D eigenvalue weighted by Crippen LogP contribution is -2.37. The fourth-order valence-corrected chi connectivity index (χ4v) is 3.64. The number of hydrogen-bond donors (Lipinski definition) is 1. The van der Waals surface area contributed by atoms with Gasteiger partial charge in [-0.2, -0.15) is 0 Å². The van der Waals surface area contributed by atoms with Crippen LogP contribution in [0.4, 0.5) is 0 Å². The first kappa shape index (κ1) is 13.2. The number of halogens is 1. The normalized spacial score (nSPS) is 33.3. The summed E-state index contributed by atoms with van der Waals surface area (Å²) in [6.07, 6.45) is 6.14. The van der Waals surface area contributed by atoms with Gasteiger partial charge in [-0.1, -0.05) is 19.3 Å². The van der Waals surface area contributed by atoms with Gasteiger partial charge < -0.3 is 10.2 Å². The molecule has 4 heteroatoms. The fraction of sp³-hybridized carbons (Fsp3) is 0.923. The van der Waals surface area contributed by atoms with Crippen LogP contribution in [-0.4, -0.2) is 37.0 Å². The molecule has 3 fully saturated rings. The molecule has 1 aliphatic carbocycles. The topological polar surface area (TPSA) is 32.3 Å². The molecule has 0 spiro atoms. The van der Waals surface area contributed by atoms with Gasteiger partial charge in [0.1, 0.15) is 0 Å². The number of hydrogen-bond acceptors (Lipinski definition) is 2. The minimum absolute atomic E-state index is 0. The SMILES string of the molecule is Cl.O=C(C1CCCCC1)N1C[C@H]2CNC[C@H]2C1. The highest BCUT2D eigenvalue weighted by molar-refractivity contribution is 5.85. The first-order chi connectivity index (χ1) is 7.84. The zero-order chi connectivity index (χ0) is 11.0. The van der Waals surface area contributed by atoms with Crippen molar-refractivity contribution >= 4 is 18.3 Å². The summed E-state index contributed by atoms with van der Waals surface area (Å²) in [7, 11) is 0. The van der Waals surface area contributed by atoms with Crippen molar-refractivity contribution in [2.75, 3.05) is 26.2 Å². The van der Waals surface area contributed by atoms with Gasteiger partial charge >= 0.3 is 0 Å². The van der Waals surface area contributed by atoms with E-state index in [9.17, 15) is 4.79 Å². The lowest BCUT2D eigenvalue weighted by molar-refractivity contribution is -0.135. The number of carbonyl (C=O) groups excluding carboxylic acids is 1. The van der Waals surface area contributed by atoms with Gasteiger partial charge in [-0.25, -0.2) is 0 Å². The summed E-state index contributed by atoms with van der Waals surface area (Å²) in [6.45, 7) is 4.29. The van der Waals surface area contributed by atoms with E-state index in [4.69, 9.17) is 0 Å². The van der Waals surface area contributed by atoms with Crippen LogP contribution in [0.3, 0.4) is 0 Å². The Morgan fingerprint density at radius 3 is 2.18 bits per heavy atom. The highest BCUT2D eigenvalue weighted by atomic mass is 35.5. The highest BCUT2D eigenvalue weighted by Crippen LogP contribution is 2.31. The van der Waals surface area contributed by atoms with Crippen LogP contribution in [-0.2, 0) is 4.79 Å². The van der Waals surface area contributed by atoms with Crippen molar-refractivity contribution in [1.82, 2.24) is 10.2 Å². The predicted molar refractivity (Wildman–Crippen MR) is 70.3 cm³/mol. The third-order valence-corrected chi connectivity index (χ3v) is 4.66. The van der Waals surface area contributed by atoms with E-state index in [1.807, 2.05) is 0 Å².